The number of aryl methyl sites for hydroxylation is 1. The molecular formula is C16H19BrINS. The molecule has 0 amide bonds. The molecule has 0 aliphatic carbocycles. The van der Waals surface area contributed by atoms with E-state index in [9.17, 15) is 0 Å². The van der Waals surface area contributed by atoms with Gasteiger partial charge in [-0.2, -0.15) is 0 Å². The number of halogens is 2. The van der Waals surface area contributed by atoms with Crippen LogP contribution in [0.25, 0.3) is 0 Å². The van der Waals surface area contributed by atoms with Gasteiger partial charge in [-0.25, -0.2) is 0 Å². The largest absolute Gasteiger partial charge is 0.310 e. The second-order valence-corrected chi connectivity index (χ2v) is 8.05. The molecule has 0 bridgehead atoms. The van der Waals surface area contributed by atoms with Crippen LogP contribution in [0.3, 0.4) is 0 Å². The minimum atomic E-state index is 0.368. The maximum Gasteiger partial charge on any atom is 0.0380 e. The van der Waals surface area contributed by atoms with E-state index in [0.717, 1.165) is 19.4 Å². The molecule has 0 spiro atoms. The second-order valence-electron chi connectivity index (χ2n) is 4.70. The van der Waals surface area contributed by atoms with E-state index < -0.39 is 0 Å². The van der Waals surface area contributed by atoms with Crippen LogP contribution in [0.15, 0.2) is 34.8 Å². The van der Waals surface area contributed by atoms with Gasteiger partial charge in [0, 0.05) is 30.3 Å². The van der Waals surface area contributed by atoms with Gasteiger partial charge in [-0.05, 0) is 71.5 Å². The zero-order chi connectivity index (χ0) is 14.5. The normalized spacial score (nSPS) is 12.6. The van der Waals surface area contributed by atoms with Crippen molar-refractivity contribution in [2.45, 2.75) is 32.7 Å². The summed E-state index contributed by atoms with van der Waals surface area (Å²) in [5.41, 5.74) is 1.35. The third-order valence-electron chi connectivity index (χ3n) is 3.26. The first-order valence-corrected chi connectivity index (χ1v) is 9.58. The summed E-state index contributed by atoms with van der Waals surface area (Å²) in [5, 5.41) is 3.62. The summed E-state index contributed by atoms with van der Waals surface area (Å²) < 4.78 is 2.47. The fraction of sp³-hybridized carbons (Fsp3) is 0.375. The highest BCUT2D eigenvalue weighted by Gasteiger charge is 2.15. The van der Waals surface area contributed by atoms with Gasteiger partial charge in [-0.3, -0.25) is 0 Å². The van der Waals surface area contributed by atoms with E-state index in [1.54, 1.807) is 0 Å². The predicted molar refractivity (Wildman–Crippen MR) is 101 cm³/mol. The molecule has 0 radical (unpaired) electrons. The summed E-state index contributed by atoms with van der Waals surface area (Å²) in [6.07, 6.45) is 2.18. The molecule has 0 aliphatic heterocycles. The van der Waals surface area contributed by atoms with Crippen molar-refractivity contribution in [2.24, 2.45) is 0 Å². The molecule has 0 saturated carbocycles. The van der Waals surface area contributed by atoms with Gasteiger partial charge >= 0.3 is 0 Å². The van der Waals surface area contributed by atoms with Crippen LogP contribution in [0.2, 0.25) is 0 Å². The standard InChI is InChI=1S/C16H19BrINS/c1-3-12-6-7-13(20-12)10-16(19-4-2)14-9-11(18)5-8-15(14)17/h5-9,16,19H,3-4,10H2,1-2H3. The fourth-order valence-corrected chi connectivity index (χ4v) is 4.28. The first-order valence-electron chi connectivity index (χ1n) is 6.90. The monoisotopic (exact) mass is 463 g/mol. The van der Waals surface area contributed by atoms with Crippen molar-refractivity contribution in [3.8, 4) is 0 Å². The molecule has 1 aromatic carbocycles. The van der Waals surface area contributed by atoms with Crippen molar-refractivity contribution in [2.75, 3.05) is 6.54 Å². The zero-order valence-electron chi connectivity index (χ0n) is 11.7. The van der Waals surface area contributed by atoms with E-state index in [4.69, 9.17) is 0 Å². The first-order chi connectivity index (χ1) is 9.63. The van der Waals surface area contributed by atoms with Crippen LogP contribution in [0, 0.1) is 3.57 Å². The lowest BCUT2D eigenvalue weighted by Gasteiger charge is -2.19. The maximum absolute atomic E-state index is 3.69. The number of likely N-dealkylation sites (N-methyl/N-ethyl adjacent to an activating group) is 1. The average Bonchev–Trinajstić information content (AvgIpc) is 2.89. The third-order valence-corrected chi connectivity index (χ3v) is 5.90. The SMILES string of the molecule is CCNC(Cc1ccc(CC)s1)c1cc(I)ccc1Br. The van der Waals surface area contributed by atoms with Crippen LogP contribution in [-0.2, 0) is 12.8 Å². The number of nitrogens with one attached hydrogen (secondary N) is 1. The number of thiophene rings is 1. The van der Waals surface area contributed by atoms with Crippen molar-refractivity contribution in [3.63, 3.8) is 0 Å². The van der Waals surface area contributed by atoms with E-state index in [1.165, 1.54) is 23.4 Å². The van der Waals surface area contributed by atoms with Gasteiger partial charge in [-0.1, -0.05) is 29.8 Å². The molecule has 2 rings (SSSR count). The minimum Gasteiger partial charge on any atom is -0.310 e. The summed E-state index contributed by atoms with van der Waals surface area (Å²) in [4.78, 5) is 2.93. The van der Waals surface area contributed by atoms with E-state index in [2.05, 4.69) is 88.0 Å². The molecule has 108 valence electrons. The van der Waals surface area contributed by atoms with Crippen LogP contribution in [0.4, 0.5) is 0 Å². The van der Waals surface area contributed by atoms with Crippen molar-refractivity contribution >= 4 is 49.9 Å². The highest BCUT2D eigenvalue weighted by atomic mass is 127. The van der Waals surface area contributed by atoms with Crippen LogP contribution in [0.5, 0.6) is 0 Å². The molecule has 1 N–H and O–H groups in total. The lowest BCUT2D eigenvalue weighted by molar-refractivity contribution is 0.551. The summed E-state index contributed by atoms with van der Waals surface area (Å²) in [6, 6.07) is 11.5. The Hall–Kier alpha value is 0.0900. The zero-order valence-corrected chi connectivity index (χ0v) is 16.3. The van der Waals surface area contributed by atoms with Crippen LogP contribution in [-0.4, -0.2) is 6.54 Å². The van der Waals surface area contributed by atoms with Gasteiger partial charge in [-0.15, -0.1) is 11.3 Å². The highest BCUT2D eigenvalue weighted by molar-refractivity contribution is 14.1. The Labute approximate surface area is 147 Å². The summed E-state index contributed by atoms with van der Waals surface area (Å²) in [7, 11) is 0. The Bertz CT molecular complexity index is 567. The molecular weight excluding hydrogens is 445 g/mol. The number of hydrogen-bond donors (Lipinski definition) is 1. The fourth-order valence-electron chi connectivity index (χ4n) is 2.24. The number of benzene rings is 1. The highest BCUT2D eigenvalue weighted by Crippen LogP contribution is 2.30. The molecule has 1 unspecified atom stereocenters. The first kappa shape index (κ1) is 16.5. The van der Waals surface area contributed by atoms with Gasteiger partial charge in [0.25, 0.3) is 0 Å². The third kappa shape index (κ3) is 4.29. The quantitative estimate of drug-likeness (QED) is 0.552. The molecule has 1 heterocycles. The maximum atomic E-state index is 3.69. The van der Waals surface area contributed by atoms with Gasteiger partial charge in [0.1, 0.15) is 0 Å². The topological polar surface area (TPSA) is 12.0 Å². The van der Waals surface area contributed by atoms with Gasteiger partial charge in [0.05, 0.1) is 0 Å². The van der Waals surface area contributed by atoms with E-state index >= 15 is 0 Å². The van der Waals surface area contributed by atoms with E-state index in [1.807, 2.05) is 11.3 Å². The average molecular weight is 464 g/mol. The molecule has 0 saturated heterocycles. The molecule has 0 fully saturated rings. The molecule has 4 heteroatoms. The van der Waals surface area contributed by atoms with Crippen LogP contribution < -0.4 is 5.32 Å². The molecule has 2 aromatic rings. The molecule has 0 aliphatic rings. The Balaban J connectivity index is 2.23. The van der Waals surface area contributed by atoms with E-state index in [0.29, 0.717) is 6.04 Å². The van der Waals surface area contributed by atoms with Gasteiger partial charge in [0.15, 0.2) is 0 Å². The second kappa shape index (κ2) is 7.92. The van der Waals surface area contributed by atoms with Crippen molar-refractivity contribution in [1.29, 1.82) is 0 Å². The molecule has 1 atom stereocenters. The summed E-state index contributed by atoms with van der Waals surface area (Å²) >= 11 is 8.01. The van der Waals surface area contributed by atoms with Crippen LogP contribution in [0.1, 0.15) is 35.2 Å². The van der Waals surface area contributed by atoms with Crippen molar-refractivity contribution < 1.29 is 0 Å². The van der Waals surface area contributed by atoms with E-state index in [-0.39, 0.29) is 0 Å². The Morgan fingerprint density at radius 2 is 1.95 bits per heavy atom. The van der Waals surface area contributed by atoms with Gasteiger partial charge < -0.3 is 5.32 Å². The van der Waals surface area contributed by atoms with Crippen molar-refractivity contribution in [1.82, 2.24) is 5.32 Å². The summed E-state index contributed by atoms with van der Waals surface area (Å²) in [6.45, 7) is 5.36. The summed E-state index contributed by atoms with van der Waals surface area (Å²) in [5.74, 6) is 0. The van der Waals surface area contributed by atoms with Gasteiger partial charge in [0.2, 0.25) is 0 Å². The Kier molecular flexibility index (Phi) is 6.52. The number of hydrogen-bond acceptors (Lipinski definition) is 2. The predicted octanol–water partition coefficient (Wildman–Crippen LogP) is 5.57. The lowest BCUT2D eigenvalue weighted by Crippen LogP contribution is -2.23. The molecule has 20 heavy (non-hydrogen) atoms. The smallest absolute Gasteiger partial charge is 0.0380 e. The Morgan fingerprint density at radius 3 is 2.60 bits per heavy atom. The van der Waals surface area contributed by atoms with Crippen molar-refractivity contribution in [3.05, 3.63) is 53.7 Å². The lowest BCUT2D eigenvalue weighted by atomic mass is 10.0. The molecule has 1 nitrogen and oxygen atoms in total. The minimum absolute atomic E-state index is 0.368. The van der Waals surface area contributed by atoms with Crippen LogP contribution >= 0.6 is 49.9 Å². The Morgan fingerprint density at radius 1 is 1.20 bits per heavy atom. The number of rotatable bonds is 6. The molecule has 1 aromatic heterocycles.